The molecule has 2 rings (SSSR count). The van der Waals surface area contributed by atoms with Gasteiger partial charge in [-0.25, -0.2) is 13.6 Å². The third-order valence-corrected chi connectivity index (χ3v) is 3.12. The van der Waals surface area contributed by atoms with Crippen LogP contribution in [-0.2, 0) is 9.53 Å². The number of Topliss-reactive ketones (excluding diaryl/α,β-unsaturated/α-hetero) is 1. The number of ether oxygens (including phenoxy) is 1. The summed E-state index contributed by atoms with van der Waals surface area (Å²) >= 11 is 0. The van der Waals surface area contributed by atoms with E-state index >= 15 is 0 Å². The summed E-state index contributed by atoms with van der Waals surface area (Å²) in [4.78, 5) is 33.6. The van der Waals surface area contributed by atoms with Gasteiger partial charge in [-0.3, -0.25) is 14.9 Å². The van der Waals surface area contributed by atoms with Crippen LogP contribution >= 0.6 is 0 Å². The summed E-state index contributed by atoms with van der Waals surface area (Å²) in [6.07, 6.45) is 2.11. The standard InChI is InChI=1S/C17H11F2NO5/c18-13-7-5-12(9-14(13)19)16(21)10-25-17(22)8-6-11-3-1-2-4-15(11)20(23)24/h1-9H,10H2/b8-6+. The third kappa shape index (κ3) is 4.77. The molecule has 25 heavy (non-hydrogen) atoms. The molecule has 8 heteroatoms. The van der Waals surface area contributed by atoms with Crippen molar-refractivity contribution in [1.29, 1.82) is 0 Å². The molecule has 0 radical (unpaired) electrons. The van der Waals surface area contributed by atoms with E-state index in [0.717, 1.165) is 18.2 Å². The lowest BCUT2D eigenvalue weighted by atomic mass is 10.1. The van der Waals surface area contributed by atoms with Crippen LogP contribution in [0.1, 0.15) is 15.9 Å². The van der Waals surface area contributed by atoms with Gasteiger partial charge >= 0.3 is 5.97 Å². The fourth-order valence-electron chi connectivity index (χ4n) is 1.89. The maximum absolute atomic E-state index is 13.0. The first-order valence-corrected chi connectivity index (χ1v) is 6.95. The maximum atomic E-state index is 13.0. The van der Waals surface area contributed by atoms with Crippen LogP contribution in [0.5, 0.6) is 0 Å². The minimum Gasteiger partial charge on any atom is -0.454 e. The van der Waals surface area contributed by atoms with E-state index in [9.17, 15) is 28.5 Å². The van der Waals surface area contributed by atoms with Crippen molar-refractivity contribution in [3.63, 3.8) is 0 Å². The van der Waals surface area contributed by atoms with Crippen molar-refractivity contribution in [3.8, 4) is 0 Å². The number of hydrogen-bond acceptors (Lipinski definition) is 5. The van der Waals surface area contributed by atoms with Gasteiger partial charge in [-0.1, -0.05) is 12.1 Å². The molecule has 0 bridgehead atoms. The molecule has 0 spiro atoms. The molecule has 0 aliphatic heterocycles. The largest absolute Gasteiger partial charge is 0.454 e. The number of esters is 1. The second-order valence-corrected chi connectivity index (χ2v) is 4.81. The van der Waals surface area contributed by atoms with Crippen LogP contribution in [0.15, 0.2) is 48.5 Å². The van der Waals surface area contributed by atoms with Crippen molar-refractivity contribution in [1.82, 2.24) is 0 Å². The average Bonchev–Trinajstić information content (AvgIpc) is 2.60. The summed E-state index contributed by atoms with van der Waals surface area (Å²) < 4.78 is 30.5. The SMILES string of the molecule is O=C(/C=C/c1ccccc1[N+](=O)[O-])OCC(=O)c1ccc(F)c(F)c1. The molecule has 0 atom stereocenters. The molecule has 128 valence electrons. The van der Waals surface area contributed by atoms with E-state index in [4.69, 9.17) is 0 Å². The Balaban J connectivity index is 1.97. The van der Waals surface area contributed by atoms with Gasteiger partial charge in [0, 0.05) is 17.7 Å². The van der Waals surface area contributed by atoms with Crippen molar-refractivity contribution < 1.29 is 28.0 Å². The molecule has 6 nitrogen and oxygen atoms in total. The monoisotopic (exact) mass is 347 g/mol. The molecule has 2 aromatic rings. The normalized spacial score (nSPS) is 10.6. The number of benzene rings is 2. The number of halogens is 2. The van der Waals surface area contributed by atoms with E-state index in [1.54, 1.807) is 6.07 Å². The number of para-hydroxylation sites is 1. The van der Waals surface area contributed by atoms with Gasteiger partial charge in [0.1, 0.15) is 0 Å². The molecule has 0 saturated carbocycles. The zero-order valence-corrected chi connectivity index (χ0v) is 12.6. The number of carbonyl (C=O) groups excluding carboxylic acids is 2. The molecule has 0 saturated heterocycles. The molecule has 0 amide bonds. The number of carbonyl (C=O) groups is 2. The van der Waals surface area contributed by atoms with Crippen LogP contribution in [0.4, 0.5) is 14.5 Å². The van der Waals surface area contributed by atoms with Crippen molar-refractivity contribution in [2.45, 2.75) is 0 Å². The van der Waals surface area contributed by atoms with Crippen LogP contribution < -0.4 is 0 Å². The second-order valence-electron chi connectivity index (χ2n) is 4.81. The van der Waals surface area contributed by atoms with E-state index in [-0.39, 0.29) is 16.8 Å². The van der Waals surface area contributed by atoms with Gasteiger partial charge in [0.05, 0.1) is 10.5 Å². The minimum absolute atomic E-state index is 0.144. The summed E-state index contributed by atoms with van der Waals surface area (Å²) in [7, 11) is 0. The summed E-state index contributed by atoms with van der Waals surface area (Å²) in [5, 5.41) is 10.8. The van der Waals surface area contributed by atoms with Gasteiger partial charge in [-0.15, -0.1) is 0 Å². The summed E-state index contributed by atoms with van der Waals surface area (Å²) in [5.41, 5.74) is -0.143. The Morgan fingerprint density at radius 1 is 1.12 bits per heavy atom. The highest BCUT2D eigenvalue weighted by Gasteiger charge is 2.13. The Morgan fingerprint density at radius 2 is 1.84 bits per heavy atom. The third-order valence-electron chi connectivity index (χ3n) is 3.12. The fourth-order valence-corrected chi connectivity index (χ4v) is 1.89. The van der Waals surface area contributed by atoms with E-state index in [0.29, 0.717) is 6.07 Å². The van der Waals surface area contributed by atoms with Gasteiger partial charge in [-0.05, 0) is 30.3 Å². The first-order chi connectivity index (χ1) is 11.9. The topological polar surface area (TPSA) is 86.5 Å². The van der Waals surface area contributed by atoms with Gasteiger partial charge in [0.25, 0.3) is 5.69 Å². The van der Waals surface area contributed by atoms with E-state index in [2.05, 4.69) is 4.74 Å². The number of nitrogens with zero attached hydrogens (tertiary/aromatic N) is 1. The predicted octanol–water partition coefficient (Wildman–Crippen LogP) is 3.31. The van der Waals surface area contributed by atoms with Crippen LogP contribution in [0, 0.1) is 21.7 Å². The summed E-state index contributed by atoms with van der Waals surface area (Å²) in [6, 6.07) is 8.32. The second kappa shape index (κ2) is 7.91. The number of nitro groups is 1. The highest BCUT2D eigenvalue weighted by Crippen LogP contribution is 2.19. The number of hydrogen-bond donors (Lipinski definition) is 0. The quantitative estimate of drug-likeness (QED) is 0.263. The molecule has 0 N–H and O–H groups in total. The number of nitro benzene ring substituents is 1. The Bertz CT molecular complexity index is 864. The molecule has 0 heterocycles. The molecule has 0 aliphatic rings. The molecular formula is C17H11F2NO5. The minimum atomic E-state index is -1.19. The van der Waals surface area contributed by atoms with Gasteiger partial charge < -0.3 is 4.74 Å². The molecule has 0 fully saturated rings. The average molecular weight is 347 g/mol. The van der Waals surface area contributed by atoms with E-state index in [1.807, 2.05) is 0 Å². The molecule has 0 unspecified atom stereocenters. The van der Waals surface area contributed by atoms with Crippen molar-refractivity contribution in [3.05, 3.63) is 81.4 Å². The maximum Gasteiger partial charge on any atom is 0.331 e. The first kappa shape index (κ1) is 17.9. The highest BCUT2D eigenvalue weighted by atomic mass is 19.2. The molecule has 0 aromatic heterocycles. The Kier molecular flexibility index (Phi) is 5.67. The lowest BCUT2D eigenvalue weighted by Crippen LogP contribution is -2.13. The van der Waals surface area contributed by atoms with Crippen molar-refractivity contribution >= 4 is 23.5 Å². The lowest BCUT2D eigenvalue weighted by Gasteiger charge is -2.02. The summed E-state index contributed by atoms with van der Waals surface area (Å²) in [6.45, 7) is -0.675. The van der Waals surface area contributed by atoms with Crippen LogP contribution in [0.3, 0.4) is 0 Å². The number of ketones is 1. The van der Waals surface area contributed by atoms with Crippen molar-refractivity contribution in [2.75, 3.05) is 6.61 Å². The highest BCUT2D eigenvalue weighted by molar-refractivity contribution is 5.99. The molecular weight excluding hydrogens is 336 g/mol. The van der Waals surface area contributed by atoms with E-state index < -0.39 is 34.9 Å². The fraction of sp³-hybridized carbons (Fsp3) is 0.0588. The Morgan fingerprint density at radius 3 is 2.52 bits per heavy atom. The lowest BCUT2D eigenvalue weighted by molar-refractivity contribution is -0.385. The van der Waals surface area contributed by atoms with E-state index in [1.165, 1.54) is 24.3 Å². The summed E-state index contributed by atoms with van der Waals surface area (Å²) in [5.74, 6) is -3.91. The smallest absolute Gasteiger partial charge is 0.331 e. The first-order valence-electron chi connectivity index (χ1n) is 6.95. The zero-order chi connectivity index (χ0) is 18.4. The molecule has 2 aromatic carbocycles. The predicted molar refractivity (Wildman–Crippen MR) is 83.8 cm³/mol. The van der Waals surface area contributed by atoms with Crippen molar-refractivity contribution in [2.24, 2.45) is 0 Å². The molecule has 0 aliphatic carbocycles. The van der Waals surface area contributed by atoms with Gasteiger partial charge in [0.15, 0.2) is 24.0 Å². The number of rotatable bonds is 6. The van der Waals surface area contributed by atoms with Gasteiger partial charge in [-0.2, -0.15) is 0 Å². The van der Waals surface area contributed by atoms with Crippen LogP contribution in [0.25, 0.3) is 6.08 Å². The Labute approximate surface area is 140 Å². The van der Waals surface area contributed by atoms with Crippen LogP contribution in [-0.4, -0.2) is 23.3 Å². The van der Waals surface area contributed by atoms with Crippen LogP contribution in [0.2, 0.25) is 0 Å². The zero-order valence-electron chi connectivity index (χ0n) is 12.6. The van der Waals surface area contributed by atoms with Gasteiger partial charge in [0.2, 0.25) is 0 Å². The Hall–Kier alpha value is -3.42.